The molecule has 0 radical (unpaired) electrons. The van der Waals surface area contributed by atoms with Crippen molar-refractivity contribution in [2.45, 2.75) is 45.8 Å². The molecule has 0 bridgehead atoms. The number of carbonyl (C=O) groups is 2. The zero-order valence-corrected chi connectivity index (χ0v) is 12.0. The number of rotatable bonds is 6. The molecule has 0 saturated heterocycles. The number of ether oxygens (including phenoxy) is 1. The van der Waals surface area contributed by atoms with Crippen molar-refractivity contribution in [2.75, 3.05) is 20.2 Å². The Balaban J connectivity index is 4.70. The highest BCUT2D eigenvalue weighted by atomic mass is 16.5. The first-order chi connectivity index (χ1) is 8.08. The number of hydrogen-bond acceptors (Lipinski definition) is 3. The van der Waals surface area contributed by atoms with Gasteiger partial charge in [-0.3, -0.25) is 0 Å². The van der Waals surface area contributed by atoms with Gasteiger partial charge in [0.1, 0.15) is 5.54 Å². The second-order valence-corrected chi connectivity index (χ2v) is 5.23. The first-order valence-corrected chi connectivity index (χ1v) is 5.92. The lowest BCUT2D eigenvalue weighted by atomic mass is 10.0. The van der Waals surface area contributed by atoms with Crippen LogP contribution in [0.15, 0.2) is 0 Å². The van der Waals surface area contributed by atoms with Crippen LogP contribution in [0, 0.1) is 0 Å². The quantitative estimate of drug-likeness (QED) is 0.754. The molecule has 0 aromatic heterocycles. The summed E-state index contributed by atoms with van der Waals surface area (Å²) in [7, 11) is 1.56. The second-order valence-electron chi connectivity index (χ2n) is 5.23. The van der Waals surface area contributed by atoms with Gasteiger partial charge in [0.2, 0.25) is 0 Å². The summed E-state index contributed by atoms with van der Waals surface area (Å²) < 4.78 is 5.18. The van der Waals surface area contributed by atoms with Gasteiger partial charge in [0.05, 0.1) is 5.60 Å². The molecule has 0 spiro atoms. The lowest BCUT2D eigenvalue weighted by molar-refractivity contribution is -0.147. The molecule has 0 aromatic rings. The fourth-order valence-electron chi connectivity index (χ4n) is 1.36. The summed E-state index contributed by atoms with van der Waals surface area (Å²) in [4.78, 5) is 24.4. The van der Waals surface area contributed by atoms with E-state index in [1.807, 2.05) is 13.8 Å². The topological polar surface area (TPSA) is 78.9 Å². The molecule has 6 heteroatoms. The number of methoxy groups -OCH3 is 1. The predicted molar refractivity (Wildman–Crippen MR) is 68.6 cm³/mol. The van der Waals surface area contributed by atoms with Gasteiger partial charge in [0.25, 0.3) is 0 Å². The van der Waals surface area contributed by atoms with E-state index in [0.29, 0.717) is 13.1 Å². The molecule has 0 heterocycles. The average Bonchev–Trinajstić information content (AvgIpc) is 2.27. The molecule has 0 saturated carbocycles. The fraction of sp³-hybridized carbons (Fsp3) is 0.833. The van der Waals surface area contributed by atoms with E-state index >= 15 is 0 Å². The van der Waals surface area contributed by atoms with Crippen molar-refractivity contribution >= 4 is 12.0 Å². The number of urea groups is 1. The van der Waals surface area contributed by atoms with Crippen molar-refractivity contribution in [3.05, 3.63) is 0 Å². The van der Waals surface area contributed by atoms with Crippen LogP contribution in [0.3, 0.4) is 0 Å². The van der Waals surface area contributed by atoms with Gasteiger partial charge in [-0.2, -0.15) is 0 Å². The maximum Gasteiger partial charge on any atom is 0.329 e. The second kappa shape index (κ2) is 6.04. The van der Waals surface area contributed by atoms with E-state index in [4.69, 9.17) is 9.84 Å². The summed E-state index contributed by atoms with van der Waals surface area (Å²) in [5, 5.41) is 11.8. The van der Waals surface area contributed by atoms with E-state index in [2.05, 4.69) is 5.32 Å². The smallest absolute Gasteiger partial charge is 0.329 e. The minimum atomic E-state index is -1.24. The van der Waals surface area contributed by atoms with Gasteiger partial charge in [0, 0.05) is 20.2 Å². The summed E-state index contributed by atoms with van der Waals surface area (Å²) >= 11 is 0. The molecule has 2 N–H and O–H groups in total. The minimum Gasteiger partial charge on any atom is -0.480 e. The van der Waals surface area contributed by atoms with Gasteiger partial charge >= 0.3 is 12.0 Å². The SMILES string of the molecule is CCN(C(=O)NCC(C)(C)OC)C(C)(C)C(=O)O. The van der Waals surface area contributed by atoms with Gasteiger partial charge in [-0.05, 0) is 34.6 Å². The fourth-order valence-corrected chi connectivity index (χ4v) is 1.36. The number of carboxylic acid groups (broad SMARTS) is 1. The molecular formula is C12H24N2O4. The molecule has 2 amide bonds. The number of carbonyl (C=O) groups excluding carboxylic acids is 1. The lowest BCUT2D eigenvalue weighted by Crippen LogP contribution is -2.57. The first kappa shape index (κ1) is 16.7. The number of hydrogen-bond donors (Lipinski definition) is 2. The van der Waals surface area contributed by atoms with Crippen LogP contribution in [0.4, 0.5) is 4.79 Å². The van der Waals surface area contributed by atoms with E-state index in [-0.39, 0.29) is 0 Å². The van der Waals surface area contributed by atoms with E-state index in [1.165, 1.54) is 18.7 Å². The zero-order valence-electron chi connectivity index (χ0n) is 12.0. The molecule has 6 nitrogen and oxygen atoms in total. The van der Waals surface area contributed by atoms with Crippen molar-refractivity contribution < 1.29 is 19.4 Å². The molecular weight excluding hydrogens is 236 g/mol. The Kier molecular flexibility index (Phi) is 5.60. The van der Waals surface area contributed by atoms with E-state index < -0.39 is 23.1 Å². The van der Waals surface area contributed by atoms with Crippen LogP contribution in [0.5, 0.6) is 0 Å². The summed E-state index contributed by atoms with van der Waals surface area (Å²) in [5.41, 5.74) is -1.72. The van der Waals surface area contributed by atoms with Crippen LogP contribution in [0.1, 0.15) is 34.6 Å². The zero-order chi connectivity index (χ0) is 14.6. The molecule has 0 rings (SSSR count). The Hall–Kier alpha value is -1.30. The molecule has 0 atom stereocenters. The molecule has 0 fully saturated rings. The summed E-state index contributed by atoms with van der Waals surface area (Å²) in [6.45, 7) is 9.05. The molecule has 0 aliphatic carbocycles. The third kappa shape index (κ3) is 4.18. The molecule has 0 aromatic carbocycles. The van der Waals surface area contributed by atoms with Gasteiger partial charge in [-0.15, -0.1) is 0 Å². The Morgan fingerprint density at radius 3 is 2.11 bits per heavy atom. The van der Waals surface area contributed by atoms with E-state index in [1.54, 1.807) is 14.0 Å². The molecule has 0 unspecified atom stereocenters. The minimum absolute atomic E-state index is 0.314. The number of carboxylic acids is 1. The Morgan fingerprint density at radius 2 is 1.78 bits per heavy atom. The Bertz CT molecular complexity index is 313. The standard InChI is InChI=1S/C12H24N2O4/c1-7-14(12(4,5)9(15)16)10(17)13-8-11(2,3)18-6/h7-8H2,1-6H3,(H,13,17)(H,15,16). The number of nitrogens with zero attached hydrogens (tertiary/aromatic N) is 1. The Morgan fingerprint density at radius 1 is 1.28 bits per heavy atom. The van der Waals surface area contributed by atoms with Crippen LogP contribution >= 0.6 is 0 Å². The summed E-state index contributed by atoms with van der Waals surface area (Å²) in [6.07, 6.45) is 0. The van der Waals surface area contributed by atoms with Gasteiger partial charge in [-0.1, -0.05) is 0 Å². The highest BCUT2D eigenvalue weighted by molar-refractivity contribution is 5.85. The van der Waals surface area contributed by atoms with Crippen molar-refractivity contribution in [3.8, 4) is 0 Å². The molecule has 0 aliphatic rings. The average molecular weight is 260 g/mol. The van der Waals surface area contributed by atoms with Gasteiger partial charge in [0.15, 0.2) is 0 Å². The normalized spacial score (nSPS) is 12.1. The van der Waals surface area contributed by atoms with E-state index in [0.717, 1.165) is 0 Å². The monoisotopic (exact) mass is 260 g/mol. The summed E-state index contributed by atoms with van der Waals surface area (Å²) in [6, 6.07) is -0.407. The third-order valence-corrected chi connectivity index (χ3v) is 2.98. The number of aliphatic carboxylic acids is 1. The number of likely N-dealkylation sites (N-methyl/N-ethyl adjacent to an activating group) is 1. The molecule has 106 valence electrons. The van der Waals surface area contributed by atoms with Crippen LogP contribution in [0.2, 0.25) is 0 Å². The largest absolute Gasteiger partial charge is 0.480 e. The maximum absolute atomic E-state index is 12.0. The van der Waals surface area contributed by atoms with Crippen molar-refractivity contribution in [1.29, 1.82) is 0 Å². The maximum atomic E-state index is 12.0. The summed E-state index contributed by atoms with van der Waals surface area (Å²) in [5.74, 6) is -1.04. The number of nitrogens with one attached hydrogen (secondary N) is 1. The van der Waals surface area contributed by atoms with Gasteiger partial charge < -0.3 is 20.1 Å². The van der Waals surface area contributed by atoms with Crippen LogP contribution in [0.25, 0.3) is 0 Å². The first-order valence-electron chi connectivity index (χ1n) is 5.92. The van der Waals surface area contributed by atoms with Crippen molar-refractivity contribution in [1.82, 2.24) is 10.2 Å². The van der Waals surface area contributed by atoms with Crippen molar-refractivity contribution in [3.63, 3.8) is 0 Å². The van der Waals surface area contributed by atoms with E-state index in [9.17, 15) is 9.59 Å². The van der Waals surface area contributed by atoms with Crippen LogP contribution in [-0.4, -0.2) is 53.3 Å². The highest BCUT2D eigenvalue weighted by Crippen LogP contribution is 2.15. The molecule has 18 heavy (non-hydrogen) atoms. The lowest BCUT2D eigenvalue weighted by Gasteiger charge is -2.35. The van der Waals surface area contributed by atoms with Gasteiger partial charge in [-0.25, -0.2) is 9.59 Å². The highest BCUT2D eigenvalue weighted by Gasteiger charge is 2.37. The molecule has 0 aliphatic heterocycles. The predicted octanol–water partition coefficient (Wildman–Crippen LogP) is 1.31. The third-order valence-electron chi connectivity index (χ3n) is 2.98. The van der Waals surface area contributed by atoms with Crippen molar-refractivity contribution in [2.24, 2.45) is 0 Å². The Labute approximate surface area is 108 Å². The van der Waals surface area contributed by atoms with Crippen LogP contribution < -0.4 is 5.32 Å². The van der Waals surface area contributed by atoms with Crippen LogP contribution in [-0.2, 0) is 9.53 Å². The number of amides is 2.